The molecule has 0 fully saturated rings. The minimum absolute atomic E-state index is 0.138. The highest BCUT2D eigenvalue weighted by Crippen LogP contribution is 2.13. The van der Waals surface area contributed by atoms with Crippen molar-refractivity contribution in [3.63, 3.8) is 0 Å². The molecule has 0 spiro atoms. The van der Waals surface area contributed by atoms with Crippen LogP contribution in [0.25, 0.3) is 0 Å². The molecule has 80 valence electrons. The van der Waals surface area contributed by atoms with E-state index < -0.39 is 0 Å². The SMILES string of the molecule is Cc1cc(CCC2COC=N2)ccc1F. The van der Waals surface area contributed by atoms with Crippen molar-refractivity contribution in [2.75, 3.05) is 6.61 Å². The highest BCUT2D eigenvalue weighted by Gasteiger charge is 2.11. The van der Waals surface area contributed by atoms with E-state index in [0.29, 0.717) is 12.2 Å². The first-order valence-electron chi connectivity index (χ1n) is 5.14. The number of hydrogen-bond acceptors (Lipinski definition) is 2. The van der Waals surface area contributed by atoms with Gasteiger partial charge in [-0.15, -0.1) is 0 Å². The zero-order valence-corrected chi connectivity index (χ0v) is 8.74. The molecule has 15 heavy (non-hydrogen) atoms. The van der Waals surface area contributed by atoms with Gasteiger partial charge in [-0.1, -0.05) is 12.1 Å². The predicted octanol–water partition coefficient (Wildman–Crippen LogP) is 2.49. The van der Waals surface area contributed by atoms with Crippen molar-refractivity contribution in [2.24, 2.45) is 4.99 Å². The standard InChI is InChI=1S/C12H14FNO/c1-9-6-10(3-5-12(9)13)2-4-11-7-15-8-14-11/h3,5-6,8,11H,2,4,7H2,1H3. The molecule has 0 radical (unpaired) electrons. The Morgan fingerprint density at radius 2 is 2.40 bits per heavy atom. The first-order valence-corrected chi connectivity index (χ1v) is 5.14. The second-order valence-electron chi connectivity index (χ2n) is 3.86. The Kier molecular flexibility index (Phi) is 2.99. The van der Waals surface area contributed by atoms with E-state index in [1.54, 1.807) is 6.92 Å². The molecule has 1 unspecified atom stereocenters. The largest absolute Gasteiger partial charge is 0.481 e. The molecule has 1 aromatic carbocycles. The average molecular weight is 207 g/mol. The molecule has 0 saturated carbocycles. The van der Waals surface area contributed by atoms with Crippen LogP contribution in [0.5, 0.6) is 0 Å². The van der Waals surface area contributed by atoms with Gasteiger partial charge in [0, 0.05) is 0 Å². The molecule has 1 aliphatic rings. The fraction of sp³-hybridized carbons (Fsp3) is 0.417. The smallest absolute Gasteiger partial charge is 0.169 e. The number of aliphatic imine (C=N–C) groups is 1. The number of nitrogens with zero attached hydrogens (tertiary/aromatic N) is 1. The van der Waals surface area contributed by atoms with E-state index >= 15 is 0 Å². The van der Waals surface area contributed by atoms with Gasteiger partial charge in [0.05, 0.1) is 6.04 Å². The third-order valence-electron chi connectivity index (χ3n) is 2.62. The van der Waals surface area contributed by atoms with Crippen LogP contribution in [0.2, 0.25) is 0 Å². The molecule has 1 heterocycles. The van der Waals surface area contributed by atoms with E-state index in [4.69, 9.17) is 4.74 Å². The summed E-state index contributed by atoms with van der Waals surface area (Å²) in [7, 11) is 0. The number of rotatable bonds is 3. The Hall–Kier alpha value is -1.38. The van der Waals surface area contributed by atoms with Gasteiger partial charge in [-0.05, 0) is 37.0 Å². The zero-order chi connectivity index (χ0) is 10.7. The van der Waals surface area contributed by atoms with Crippen LogP contribution in [0, 0.1) is 12.7 Å². The molecule has 3 heteroatoms. The monoisotopic (exact) mass is 207 g/mol. The first kappa shape index (κ1) is 10.1. The molecule has 0 amide bonds. The lowest BCUT2D eigenvalue weighted by Crippen LogP contribution is -2.07. The summed E-state index contributed by atoms with van der Waals surface area (Å²) in [6.45, 7) is 2.47. The van der Waals surface area contributed by atoms with Crippen LogP contribution < -0.4 is 0 Å². The fourth-order valence-electron chi connectivity index (χ4n) is 1.68. The summed E-state index contributed by atoms with van der Waals surface area (Å²) >= 11 is 0. The third kappa shape index (κ3) is 2.55. The van der Waals surface area contributed by atoms with Gasteiger partial charge in [-0.25, -0.2) is 4.39 Å². The normalized spacial score (nSPS) is 19.2. The second kappa shape index (κ2) is 4.43. The summed E-state index contributed by atoms with van der Waals surface area (Å²) < 4.78 is 18.0. The van der Waals surface area contributed by atoms with Gasteiger partial charge in [-0.2, -0.15) is 0 Å². The number of ether oxygens (including phenoxy) is 1. The Balaban J connectivity index is 1.93. The van der Waals surface area contributed by atoms with Crippen LogP contribution >= 0.6 is 0 Å². The minimum Gasteiger partial charge on any atom is -0.481 e. The maximum Gasteiger partial charge on any atom is 0.169 e. The lowest BCUT2D eigenvalue weighted by Gasteiger charge is -2.06. The van der Waals surface area contributed by atoms with Crippen LogP contribution in [-0.4, -0.2) is 19.0 Å². The average Bonchev–Trinajstić information content (AvgIpc) is 2.73. The fourth-order valence-corrected chi connectivity index (χ4v) is 1.68. The van der Waals surface area contributed by atoms with Crippen LogP contribution in [0.15, 0.2) is 23.2 Å². The molecular formula is C12H14FNO. The summed E-state index contributed by atoms with van der Waals surface area (Å²) in [5, 5.41) is 0. The number of benzene rings is 1. The van der Waals surface area contributed by atoms with Crippen molar-refractivity contribution < 1.29 is 9.13 Å². The summed E-state index contributed by atoms with van der Waals surface area (Å²) in [5.41, 5.74) is 1.87. The highest BCUT2D eigenvalue weighted by molar-refractivity contribution is 5.48. The van der Waals surface area contributed by atoms with E-state index in [9.17, 15) is 4.39 Å². The van der Waals surface area contributed by atoms with E-state index in [-0.39, 0.29) is 11.9 Å². The molecule has 0 aliphatic carbocycles. The van der Waals surface area contributed by atoms with E-state index in [0.717, 1.165) is 18.4 Å². The van der Waals surface area contributed by atoms with Crippen molar-refractivity contribution in [1.29, 1.82) is 0 Å². The Labute approximate surface area is 88.8 Å². The number of hydrogen-bond donors (Lipinski definition) is 0. The van der Waals surface area contributed by atoms with Gasteiger partial charge in [0.2, 0.25) is 0 Å². The Bertz CT molecular complexity index is 376. The van der Waals surface area contributed by atoms with Crippen molar-refractivity contribution in [2.45, 2.75) is 25.8 Å². The second-order valence-corrected chi connectivity index (χ2v) is 3.86. The molecule has 2 rings (SSSR count). The van der Waals surface area contributed by atoms with Crippen LogP contribution in [-0.2, 0) is 11.2 Å². The summed E-state index contributed by atoms with van der Waals surface area (Å²) in [6.07, 6.45) is 3.40. The third-order valence-corrected chi connectivity index (χ3v) is 2.62. The predicted molar refractivity (Wildman–Crippen MR) is 57.7 cm³/mol. The van der Waals surface area contributed by atoms with E-state index in [2.05, 4.69) is 4.99 Å². The quantitative estimate of drug-likeness (QED) is 0.746. The molecule has 0 saturated heterocycles. The Morgan fingerprint density at radius 1 is 1.53 bits per heavy atom. The maximum atomic E-state index is 13.0. The molecule has 1 atom stereocenters. The summed E-state index contributed by atoms with van der Waals surface area (Å²) in [4.78, 5) is 4.17. The molecular weight excluding hydrogens is 193 g/mol. The summed E-state index contributed by atoms with van der Waals surface area (Å²) in [5.74, 6) is -0.138. The topological polar surface area (TPSA) is 21.6 Å². The van der Waals surface area contributed by atoms with Crippen molar-refractivity contribution >= 4 is 6.40 Å². The van der Waals surface area contributed by atoms with Crippen molar-refractivity contribution in [1.82, 2.24) is 0 Å². The lowest BCUT2D eigenvalue weighted by molar-refractivity contribution is 0.322. The zero-order valence-electron chi connectivity index (χ0n) is 8.74. The molecule has 0 bridgehead atoms. The van der Waals surface area contributed by atoms with Gasteiger partial charge in [0.25, 0.3) is 0 Å². The number of halogens is 1. The molecule has 0 aromatic heterocycles. The molecule has 1 aliphatic heterocycles. The van der Waals surface area contributed by atoms with Crippen LogP contribution in [0.4, 0.5) is 4.39 Å². The van der Waals surface area contributed by atoms with Gasteiger partial charge in [-0.3, -0.25) is 4.99 Å². The summed E-state index contributed by atoms with van der Waals surface area (Å²) in [6, 6.07) is 5.53. The number of aryl methyl sites for hydroxylation is 2. The highest BCUT2D eigenvalue weighted by atomic mass is 19.1. The first-order chi connectivity index (χ1) is 7.25. The van der Waals surface area contributed by atoms with E-state index in [1.807, 2.05) is 12.1 Å². The van der Waals surface area contributed by atoms with Crippen LogP contribution in [0.3, 0.4) is 0 Å². The minimum atomic E-state index is -0.138. The molecule has 0 N–H and O–H groups in total. The Morgan fingerprint density at radius 3 is 3.07 bits per heavy atom. The van der Waals surface area contributed by atoms with Crippen molar-refractivity contribution in [3.05, 3.63) is 35.1 Å². The lowest BCUT2D eigenvalue weighted by atomic mass is 10.0. The van der Waals surface area contributed by atoms with Crippen molar-refractivity contribution in [3.8, 4) is 0 Å². The molecule has 2 nitrogen and oxygen atoms in total. The van der Waals surface area contributed by atoms with Gasteiger partial charge in [0.1, 0.15) is 12.4 Å². The molecule has 1 aromatic rings. The van der Waals surface area contributed by atoms with Crippen LogP contribution in [0.1, 0.15) is 17.5 Å². The van der Waals surface area contributed by atoms with Gasteiger partial charge in [0.15, 0.2) is 6.40 Å². The van der Waals surface area contributed by atoms with Gasteiger partial charge >= 0.3 is 0 Å². The van der Waals surface area contributed by atoms with Gasteiger partial charge < -0.3 is 4.74 Å². The maximum absolute atomic E-state index is 13.0. The van der Waals surface area contributed by atoms with E-state index in [1.165, 1.54) is 12.5 Å².